The smallest absolute Gasteiger partial charge is 0.266 e. The number of hydrogen-bond acceptors (Lipinski definition) is 2. The summed E-state index contributed by atoms with van der Waals surface area (Å²) in [4.78, 5) is 11.1. The van der Waals surface area contributed by atoms with Crippen molar-refractivity contribution in [2.45, 2.75) is 13.3 Å². The maximum atomic E-state index is 12.5. The number of hydrogen-bond donors (Lipinski definition) is 1. The first-order valence-corrected chi connectivity index (χ1v) is 4.20. The molecular formula is C9H8ClF2NO. The van der Waals surface area contributed by atoms with E-state index < -0.39 is 17.8 Å². The van der Waals surface area contributed by atoms with Crippen molar-refractivity contribution in [3.8, 4) is 0 Å². The zero-order valence-electron chi connectivity index (χ0n) is 7.35. The molecule has 0 saturated heterocycles. The molecule has 0 bridgehead atoms. The highest BCUT2D eigenvalue weighted by Crippen LogP contribution is 2.33. The molecule has 0 saturated carbocycles. The van der Waals surface area contributed by atoms with Crippen LogP contribution in [0.3, 0.4) is 0 Å². The summed E-state index contributed by atoms with van der Waals surface area (Å²) >= 11 is 5.55. The molecule has 0 fully saturated rings. The second kappa shape index (κ2) is 3.92. The van der Waals surface area contributed by atoms with Crippen LogP contribution in [-0.2, 0) is 0 Å². The van der Waals surface area contributed by atoms with E-state index in [0.717, 1.165) is 0 Å². The molecule has 2 N–H and O–H groups in total. The van der Waals surface area contributed by atoms with Gasteiger partial charge in [0.15, 0.2) is 5.78 Å². The van der Waals surface area contributed by atoms with Gasteiger partial charge in [-0.2, -0.15) is 0 Å². The van der Waals surface area contributed by atoms with Crippen LogP contribution in [0.1, 0.15) is 29.3 Å². The molecule has 0 aliphatic carbocycles. The Balaban J connectivity index is 3.50. The van der Waals surface area contributed by atoms with Crippen LogP contribution in [0.15, 0.2) is 12.1 Å². The minimum atomic E-state index is -2.80. The Bertz CT molecular complexity index is 379. The first kappa shape index (κ1) is 10.9. The van der Waals surface area contributed by atoms with E-state index in [1.165, 1.54) is 19.1 Å². The molecule has 0 unspecified atom stereocenters. The largest absolute Gasteiger partial charge is 0.398 e. The highest BCUT2D eigenvalue weighted by Gasteiger charge is 2.21. The summed E-state index contributed by atoms with van der Waals surface area (Å²) in [5.41, 5.74) is 4.77. The Morgan fingerprint density at radius 1 is 1.50 bits per heavy atom. The molecule has 0 amide bonds. The quantitative estimate of drug-likeness (QED) is 0.614. The number of alkyl halides is 2. The van der Waals surface area contributed by atoms with E-state index in [4.69, 9.17) is 17.3 Å². The zero-order valence-corrected chi connectivity index (χ0v) is 8.11. The lowest BCUT2D eigenvalue weighted by Gasteiger charge is -2.10. The number of rotatable bonds is 2. The molecule has 0 aliphatic heterocycles. The van der Waals surface area contributed by atoms with Gasteiger partial charge >= 0.3 is 0 Å². The normalized spacial score (nSPS) is 10.6. The summed E-state index contributed by atoms with van der Waals surface area (Å²) in [7, 11) is 0. The van der Waals surface area contributed by atoms with Gasteiger partial charge < -0.3 is 5.73 Å². The average molecular weight is 220 g/mol. The van der Waals surface area contributed by atoms with Crippen LogP contribution in [0.2, 0.25) is 5.02 Å². The lowest BCUT2D eigenvalue weighted by molar-refractivity contribution is 0.1000. The third-order valence-electron chi connectivity index (χ3n) is 1.79. The van der Waals surface area contributed by atoms with Gasteiger partial charge in [-0.15, -0.1) is 0 Å². The monoisotopic (exact) mass is 219 g/mol. The summed E-state index contributed by atoms with van der Waals surface area (Å²) in [5, 5.41) is -0.139. The fourth-order valence-electron chi connectivity index (χ4n) is 1.22. The number of nitrogens with two attached hydrogens (primary N) is 1. The molecular weight excluding hydrogens is 212 g/mol. The Labute approximate surface area is 84.7 Å². The standard InChI is InChI=1S/C9H8ClF2NO/c1-4(14)7-6(13)3-2-5(10)8(7)9(11)12/h2-3,9H,13H2,1H3. The van der Waals surface area contributed by atoms with Crippen LogP contribution >= 0.6 is 11.6 Å². The lowest BCUT2D eigenvalue weighted by Crippen LogP contribution is -2.05. The first-order valence-electron chi connectivity index (χ1n) is 3.82. The van der Waals surface area contributed by atoms with Crippen LogP contribution < -0.4 is 5.73 Å². The molecule has 0 spiro atoms. The molecule has 0 atom stereocenters. The van der Waals surface area contributed by atoms with E-state index in [9.17, 15) is 13.6 Å². The van der Waals surface area contributed by atoms with Crippen LogP contribution in [0, 0.1) is 0 Å². The van der Waals surface area contributed by atoms with E-state index in [2.05, 4.69) is 0 Å². The predicted molar refractivity (Wildman–Crippen MR) is 50.8 cm³/mol. The average Bonchev–Trinajstić information content (AvgIpc) is 2.07. The maximum absolute atomic E-state index is 12.5. The molecule has 1 aromatic carbocycles. The topological polar surface area (TPSA) is 43.1 Å². The highest BCUT2D eigenvalue weighted by atomic mass is 35.5. The molecule has 0 aliphatic rings. The first-order chi connectivity index (χ1) is 6.45. The van der Waals surface area contributed by atoms with E-state index in [-0.39, 0.29) is 16.3 Å². The summed E-state index contributed by atoms with van der Waals surface area (Å²) < 4.78 is 25.1. The van der Waals surface area contributed by atoms with Crippen LogP contribution in [0.25, 0.3) is 0 Å². The third kappa shape index (κ3) is 1.85. The number of ketones is 1. The molecule has 0 aromatic heterocycles. The second-order valence-electron chi connectivity index (χ2n) is 2.78. The van der Waals surface area contributed by atoms with Crippen molar-refractivity contribution >= 4 is 23.1 Å². The lowest BCUT2D eigenvalue weighted by atomic mass is 10.0. The SMILES string of the molecule is CC(=O)c1c(N)ccc(Cl)c1C(F)F. The van der Waals surface area contributed by atoms with Crippen LogP contribution in [-0.4, -0.2) is 5.78 Å². The molecule has 1 rings (SSSR count). The van der Waals surface area contributed by atoms with Gasteiger partial charge in [0.25, 0.3) is 6.43 Å². The number of anilines is 1. The minimum absolute atomic E-state index is 0.0252. The Hall–Kier alpha value is -1.16. The molecule has 0 heterocycles. The molecule has 76 valence electrons. The predicted octanol–water partition coefficient (Wildman–Crippen LogP) is 3.06. The van der Waals surface area contributed by atoms with Gasteiger partial charge in [0.05, 0.1) is 10.6 Å². The fraction of sp³-hybridized carbons (Fsp3) is 0.222. The summed E-state index contributed by atoms with van der Waals surface area (Å²) in [6.07, 6.45) is -2.80. The van der Waals surface area contributed by atoms with Gasteiger partial charge in [0.1, 0.15) is 0 Å². The van der Waals surface area contributed by atoms with Crippen LogP contribution in [0.4, 0.5) is 14.5 Å². The molecule has 14 heavy (non-hydrogen) atoms. The fourth-order valence-corrected chi connectivity index (χ4v) is 1.46. The number of nitrogen functional groups attached to an aromatic ring is 1. The summed E-state index contributed by atoms with van der Waals surface area (Å²) in [6, 6.07) is 2.59. The second-order valence-corrected chi connectivity index (χ2v) is 3.19. The molecule has 2 nitrogen and oxygen atoms in total. The van der Waals surface area contributed by atoms with Gasteiger partial charge in [0, 0.05) is 11.3 Å². The minimum Gasteiger partial charge on any atom is -0.398 e. The Morgan fingerprint density at radius 2 is 2.07 bits per heavy atom. The van der Waals surface area contributed by atoms with Gasteiger partial charge in [-0.3, -0.25) is 4.79 Å². The van der Waals surface area contributed by atoms with Crippen molar-refractivity contribution in [1.29, 1.82) is 0 Å². The number of carbonyl (C=O) groups excluding carboxylic acids is 1. The van der Waals surface area contributed by atoms with Crippen molar-refractivity contribution in [2.75, 3.05) is 5.73 Å². The van der Waals surface area contributed by atoms with Crippen molar-refractivity contribution in [3.05, 3.63) is 28.3 Å². The van der Waals surface area contributed by atoms with Crippen molar-refractivity contribution in [1.82, 2.24) is 0 Å². The number of Topliss-reactive ketones (excluding diaryl/α,β-unsaturated/α-hetero) is 1. The van der Waals surface area contributed by atoms with Gasteiger partial charge in [-0.05, 0) is 19.1 Å². The number of halogens is 3. The van der Waals surface area contributed by atoms with E-state index >= 15 is 0 Å². The third-order valence-corrected chi connectivity index (χ3v) is 2.12. The molecule has 5 heteroatoms. The summed E-state index contributed by atoms with van der Waals surface area (Å²) in [6.45, 7) is 1.17. The molecule has 1 aromatic rings. The van der Waals surface area contributed by atoms with Gasteiger partial charge in [-0.1, -0.05) is 11.6 Å². The maximum Gasteiger partial charge on any atom is 0.266 e. The van der Waals surface area contributed by atoms with Crippen molar-refractivity contribution in [2.24, 2.45) is 0 Å². The van der Waals surface area contributed by atoms with Crippen molar-refractivity contribution in [3.63, 3.8) is 0 Å². The van der Waals surface area contributed by atoms with E-state index in [1.807, 2.05) is 0 Å². The number of benzene rings is 1. The van der Waals surface area contributed by atoms with Crippen LogP contribution in [0.5, 0.6) is 0 Å². The van der Waals surface area contributed by atoms with Gasteiger partial charge in [-0.25, -0.2) is 8.78 Å². The van der Waals surface area contributed by atoms with E-state index in [1.54, 1.807) is 0 Å². The Morgan fingerprint density at radius 3 is 2.43 bits per heavy atom. The van der Waals surface area contributed by atoms with Crippen molar-refractivity contribution < 1.29 is 13.6 Å². The zero-order chi connectivity index (χ0) is 10.9. The van der Waals surface area contributed by atoms with E-state index in [0.29, 0.717) is 0 Å². The summed E-state index contributed by atoms with van der Waals surface area (Å²) in [5.74, 6) is -0.514. The Kier molecular flexibility index (Phi) is 3.06. The highest BCUT2D eigenvalue weighted by molar-refractivity contribution is 6.32. The molecule has 0 radical (unpaired) electrons. The number of carbonyl (C=O) groups is 1. The van der Waals surface area contributed by atoms with Gasteiger partial charge in [0.2, 0.25) is 0 Å².